The second-order valence-corrected chi connectivity index (χ2v) is 15.2. The molecule has 6 aliphatic heterocycles. The predicted molar refractivity (Wildman–Crippen MR) is 169 cm³/mol. The molecule has 0 aromatic rings. The molecule has 10 nitrogen and oxygen atoms in total. The van der Waals surface area contributed by atoms with E-state index in [9.17, 15) is 9.59 Å². The van der Waals surface area contributed by atoms with E-state index >= 15 is 8.78 Å². The topological polar surface area (TPSA) is 98.4 Å². The number of urea groups is 1. The molecule has 7 aliphatic rings. The van der Waals surface area contributed by atoms with Crippen molar-refractivity contribution < 1.29 is 27.8 Å². The Labute approximate surface area is 272 Å². The molecule has 6 saturated heterocycles. The highest BCUT2D eigenvalue weighted by Gasteiger charge is 2.60. The molecule has 258 valence electrons. The number of piperidine rings is 2. The molecule has 1 aliphatic carbocycles. The number of hydrogen-bond acceptors (Lipinski definition) is 7. The van der Waals surface area contributed by atoms with Gasteiger partial charge in [0.25, 0.3) is 0 Å². The monoisotopic (exact) mass is 648 g/mol. The van der Waals surface area contributed by atoms with Crippen LogP contribution in [-0.4, -0.2) is 128 Å². The van der Waals surface area contributed by atoms with Crippen LogP contribution >= 0.6 is 0 Å². The number of halogens is 2. The Balaban J connectivity index is 1.20. The number of methoxy groups -OCH3 is 1. The molecule has 3 amide bonds. The van der Waals surface area contributed by atoms with E-state index in [2.05, 4.69) is 34.7 Å². The van der Waals surface area contributed by atoms with Crippen molar-refractivity contribution >= 4 is 11.9 Å². The maximum absolute atomic E-state index is 16.6. The van der Waals surface area contributed by atoms with Gasteiger partial charge in [-0.1, -0.05) is 19.9 Å². The van der Waals surface area contributed by atoms with Gasteiger partial charge in [0.1, 0.15) is 12.3 Å². The van der Waals surface area contributed by atoms with Crippen LogP contribution in [0.15, 0.2) is 12.2 Å². The number of fused-ring (bicyclic) bond motifs is 6. The summed E-state index contributed by atoms with van der Waals surface area (Å²) in [6.45, 7) is 7.53. The highest BCUT2D eigenvalue weighted by molar-refractivity contribution is 5.88. The van der Waals surface area contributed by atoms with E-state index in [1.165, 1.54) is 0 Å². The second kappa shape index (κ2) is 13.6. The highest BCUT2D eigenvalue weighted by atomic mass is 19.1. The highest BCUT2D eigenvalue weighted by Crippen LogP contribution is 2.45. The van der Waals surface area contributed by atoms with Gasteiger partial charge in [-0.2, -0.15) is 0 Å². The van der Waals surface area contributed by atoms with Gasteiger partial charge >= 0.3 is 6.03 Å². The van der Waals surface area contributed by atoms with E-state index in [0.717, 1.165) is 45.1 Å². The average Bonchev–Trinajstić information content (AvgIpc) is 3.35. The minimum absolute atomic E-state index is 0.0195. The molecule has 0 spiro atoms. The fourth-order valence-corrected chi connectivity index (χ4v) is 10.3. The maximum atomic E-state index is 16.6. The molecule has 7 rings (SSSR count). The third-order valence-electron chi connectivity index (χ3n) is 12.4. The number of nitrogens with zero attached hydrogens (tertiary/aromatic N) is 3. The van der Waals surface area contributed by atoms with Crippen LogP contribution in [0.3, 0.4) is 0 Å². The minimum Gasteiger partial charge on any atom is -0.381 e. The zero-order valence-corrected chi connectivity index (χ0v) is 27.7. The molecular formula is C34H54F2N6O4. The normalized spacial score (nSPS) is 44.8. The summed E-state index contributed by atoms with van der Waals surface area (Å²) in [7, 11) is 1.60. The molecule has 6 heterocycles. The second-order valence-electron chi connectivity index (χ2n) is 15.2. The number of rotatable bonds is 5. The molecule has 7 fully saturated rings. The van der Waals surface area contributed by atoms with Crippen molar-refractivity contribution in [2.75, 3.05) is 40.0 Å². The summed E-state index contributed by atoms with van der Waals surface area (Å²) in [5.74, 6) is -0.245. The lowest BCUT2D eigenvalue weighted by molar-refractivity contribution is -0.141. The Kier molecular flexibility index (Phi) is 9.64. The van der Waals surface area contributed by atoms with Gasteiger partial charge in [-0.15, -0.1) is 0 Å². The van der Waals surface area contributed by atoms with Gasteiger partial charge in [0, 0.05) is 62.8 Å². The summed E-state index contributed by atoms with van der Waals surface area (Å²) in [4.78, 5) is 33.7. The summed E-state index contributed by atoms with van der Waals surface area (Å²) in [6, 6.07) is -0.638. The standard InChI is InChI=1S/C34H54F2N6O4/c1-19(2)29-31-20(11-13-37-29)7-5-16-46-26-9-4-8-22(35)28(26)30-23(36)17-21-32(39-34(44)42(31)33(21)38-30)41-18-25-24(41)12-14-40(25)27(43)10-6-15-45-3/h6,10,19-26,28-33,37-38H,4-5,7-9,11-18H2,1-3H3,(H,39,44)/b10-6+. The molecule has 0 radical (unpaired) electrons. The van der Waals surface area contributed by atoms with Crippen molar-refractivity contribution in [2.45, 2.75) is 126 Å². The van der Waals surface area contributed by atoms with Gasteiger partial charge in [0.05, 0.1) is 37.1 Å². The number of alkyl halides is 2. The summed E-state index contributed by atoms with van der Waals surface area (Å²) in [5, 5.41) is 10.8. The Morgan fingerprint density at radius 3 is 2.74 bits per heavy atom. The third-order valence-corrected chi connectivity index (χ3v) is 12.4. The third kappa shape index (κ3) is 5.77. The van der Waals surface area contributed by atoms with Crippen molar-refractivity contribution in [3.8, 4) is 0 Å². The predicted octanol–water partition coefficient (Wildman–Crippen LogP) is 2.79. The molecule has 13 atom stereocenters. The summed E-state index contributed by atoms with van der Waals surface area (Å²) in [5.41, 5.74) is 0. The van der Waals surface area contributed by atoms with E-state index in [4.69, 9.17) is 9.47 Å². The van der Waals surface area contributed by atoms with Crippen LogP contribution in [0.5, 0.6) is 0 Å². The van der Waals surface area contributed by atoms with E-state index in [-0.39, 0.29) is 66.6 Å². The summed E-state index contributed by atoms with van der Waals surface area (Å²) >= 11 is 0. The van der Waals surface area contributed by atoms with Crippen LogP contribution in [0.1, 0.15) is 65.2 Å². The largest absolute Gasteiger partial charge is 0.381 e. The minimum atomic E-state index is -1.26. The van der Waals surface area contributed by atoms with Gasteiger partial charge in [0.2, 0.25) is 5.91 Å². The first kappa shape index (κ1) is 32.7. The molecule has 2 bridgehead atoms. The van der Waals surface area contributed by atoms with Gasteiger partial charge in [-0.3, -0.25) is 15.0 Å². The van der Waals surface area contributed by atoms with Crippen molar-refractivity contribution in [3.05, 3.63) is 12.2 Å². The SMILES string of the molecule is COC/C=C/C(=O)N1CCC2C1CN2C1NC(=O)N2C3NC(C(F)CC13)C1C(F)CCCC1OCCCC1CCNC(C(C)C)C12. The number of likely N-dealkylation sites (tertiary alicyclic amines) is 2. The Morgan fingerprint density at radius 1 is 1.09 bits per heavy atom. The van der Waals surface area contributed by atoms with E-state index in [1.54, 1.807) is 19.3 Å². The summed E-state index contributed by atoms with van der Waals surface area (Å²) in [6.07, 6.45) is 5.53. The van der Waals surface area contributed by atoms with Crippen molar-refractivity contribution in [1.29, 1.82) is 0 Å². The fraction of sp³-hybridized carbons (Fsp3) is 0.882. The number of nitrogens with one attached hydrogen (secondary N) is 3. The van der Waals surface area contributed by atoms with Crippen molar-refractivity contribution in [1.82, 2.24) is 30.7 Å². The van der Waals surface area contributed by atoms with E-state index in [0.29, 0.717) is 38.6 Å². The fourth-order valence-electron chi connectivity index (χ4n) is 10.3. The first-order valence-electron chi connectivity index (χ1n) is 18.0. The van der Waals surface area contributed by atoms with Crippen LogP contribution in [0, 0.1) is 23.7 Å². The molecule has 3 N–H and O–H groups in total. The zero-order valence-electron chi connectivity index (χ0n) is 27.7. The van der Waals surface area contributed by atoms with Crippen molar-refractivity contribution in [3.63, 3.8) is 0 Å². The van der Waals surface area contributed by atoms with E-state index in [1.807, 2.05) is 9.80 Å². The molecule has 1 saturated carbocycles. The quantitative estimate of drug-likeness (QED) is 0.395. The van der Waals surface area contributed by atoms with Gasteiger partial charge < -0.3 is 29.9 Å². The lowest BCUT2D eigenvalue weighted by atomic mass is 9.72. The van der Waals surface area contributed by atoms with Crippen molar-refractivity contribution in [2.24, 2.45) is 23.7 Å². The zero-order chi connectivity index (χ0) is 32.1. The lowest BCUT2D eigenvalue weighted by Gasteiger charge is -2.61. The molecule has 13 unspecified atom stereocenters. The molecule has 0 aromatic heterocycles. The van der Waals surface area contributed by atoms with Crippen LogP contribution in [-0.2, 0) is 14.3 Å². The van der Waals surface area contributed by atoms with Gasteiger partial charge in [0.15, 0.2) is 0 Å². The van der Waals surface area contributed by atoms with Crippen LogP contribution in [0.2, 0.25) is 0 Å². The number of ether oxygens (including phenoxy) is 2. The average molecular weight is 649 g/mol. The number of carbonyl (C=O) groups excluding carboxylic acids is 2. The first-order valence-corrected chi connectivity index (χ1v) is 18.0. The molecule has 12 heteroatoms. The maximum Gasteiger partial charge on any atom is 0.320 e. The molecular weight excluding hydrogens is 594 g/mol. The van der Waals surface area contributed by atoms with Gasteiger partial charge in [-0.05, 0) is 69.7 Å². The number of hydrogen-bond donors (Lipinski definition) is 3. The van der Waals surface area contributed by atoms with Crippen LogP contribution in [0.4, 0.5) is 13.6 Å². The van der Waals surface area contributed by atoms with Gasteiger partial charge in [-0.25, -0.2) is 13.6 Å². The lowest BCUT2D eigenvalue weighted by Crippen LogP contribution is -2.81. The van der Waals surface area contributed by atoms with E-state index < -0.39 is 30.5 Å². The Morgan fingerprint density at radius 2 is 1.93 bits per heavy atom. The van der Waals surface area contributed by atoms with Crippen LogP contribution in [0.25, 0.3) is 0 Å². The Bertz CT molecular complexity index is 1150. The Hall–Kier alpha value is -1.86. The molecule has 46 heavy (non-hydrogen) atoms. The number of amides is 3. The number of carbonyl (C=O) groups is 2. The molecule has 0 aromatic carbocycles. The van der Waals surface area contributed by atoms with Crippen LogP contribution < -0.4 is 16.0 Å². The summed E-state index contributed by atoms with van der Waals surface area (Å²) < 4.78 is 43.8. The smallest absolute Gasteiger partial charge is 0.320 e. The first-order chi connectivity index (χ1) is 22.3.